The number of nitrogens with one attached hydrogen (secondary N) is 3. The molecule has 0 aliphatic carbocycles. The fourth-order valence-electron chi connectivity index (χ4n) is 3.05. The van der Waals surface area contributed by atoms with Crippen molar-refractivity contribution in [3.05, 3.63) is 36.3 Å². The molecular weight excluding hydrogens is 307 g/mol. The lowest BCUT2D eigenvalue weighted by Gasteiger charge is -2.27. The minimum atomic E-state index is -0.922. The molecule has 1 saturated heterocycles. The van der Waals surface area contributed by atoms with Crippen LogP contribution in [-0.4, -0.2) is 45.5 Å². The standard InChI is InChI=1S/C17H19FN6/c1-10-12-6-11(2-3-14(12)24-23-10)16-8-20-9-17(22-16)21-15-4-5-19-7-13(15)18/h2-3,6,8-9,13,15,19H,4-5,7H2,1H3,(H,21,22)(H,23,24)/t13-,15?/m0/s1. The third-order valence-corrected chi connectivity index (χ3v) is 4.43. The van der Waals surface area contributed by atoms with Crippen LogP contribution in [0.3, 0.4) is 0 Å². The first-order valence-electron chi connectivity index (χ1n) is 8.09. The number of hydrogen-bond acceptors (Lipinski definition) is 5. The number of H-pyrrole nitrogens is 1. The molecule has 1 aliphatic heterocycles. The SMILES string of the molecule is Cc1n[nH]c2ccc(-c3cncc(NC4CCNC[C@@H]4F)n3)cc12. The number of aryl methyl sites for hydroxylation is 1. The molecule has 2 atom stereocenters. The largest absolute Gasteiger partial charge is 0.363 e. The van der Waals surface area contributed by atoms with Gasteiger partial charge >= 0.3 is 0 Å². The highest BCUT2D eigenvalue weighted by atomic mass is 19.1. The quantitative estimate of drug-likeness (QED) is 0.689. The third-order valence-electron chi connectivity index (χ3n) is 4.43. The zero-order valence-electron chi connectivity index (χ0n) is 13.4. The van der Waals surface area contributed by atoms with E-state index in [-0.39, 0.29) is 6.04 Å². The molecule has 7 heteroatoms. The molecule has 1 aromatic carbocycles. The maximum Gasteiger partial charge on any atom is 0.145 e. The van der Waals surface area contributed by atoms with Crippen LogP contribution in [0.25, 0.3) is 22.2 Å². The van der Waals surface area contributed by atoms with Crippen molar-refractivity contribution >= 4 is 16.7 Å². The summed E-state index contributed by atoms with van der Waals surface area (Å²) in [5.41, 5.74) is 3.66. The molecule has 24 heavy (non-hydrogen) atoms. The van der Waals surface area contributed by atoms with E-state index in [0.717, 1.165) is 40.8 Å². The van der Waals surface area contributed by atoms with Gasteiger partial charge < -0.3 is 10.6 Å². The topological polar surface area (TPSA) is 78.5 Å². The van der Waals surface area contributed by atoms with Crippen molar-refractivity contribution in [3.63, 3.8) is 0 Å². The van der Waals surface area contributed by atoms with E-state index in [9.17, 15) is 4.39 Å². The molecule has 3 heterocycles. The zero-order valence-corrected chi connectivity index (χ0v) is 13.4. The van der Waals surface area contributed by atoms with Crippen LogP contribution in [0.1, 0.15) is 12.1 Å². The normalized spacial score (nSPS) is 21.1. The number of rotatable bonds is 3. The van der Waals surface area contributed by atoms with Crippen molar-refractivity contribution in [1.82, 2.24) is 25.5 Å². The van der Waals surface area contributed by atoms with Gasteiger partial charge in [0.2, 0.25) is 0 Å². The van der Waals surface area contributed by atoms with Crippen molar-refractivity contribution in [1.29, 1.82) is 0 Å². The van der Waals surface area contributed by atoms with Crippen LogP contribution in [0.4, 0.5) is 10.2 Å². The highest BCUT2D eigenvalue weighted by Gasteiger charge is 2.24. The molecule has 124 valence electrons. The van der Waals surface area contributed by atoms with Gasteiger partial charge in [0.15, 0.2) is 0 Å². The number of piperidine rings is 1. The van der Waals surface area contributed by atoms with Gasteiger partial charge in [-0.1, -0.05) is 6.07 Å². The van der Waals surface area contributed by atoms with E-state index < -0.39 is 6.17 Å². The van der Waals surface area contributed by atoms with Gasteiger partial charge in [0.1, 0.15) is 12.0 Å². The third kappa shape index (κ3) is 2.82. The summed E-state index contributed by atoms with van der Waals surface area (Å²) in [5, 5.41) is 14.5. The van der Waals surface area contributed by atoms with Gasteiger partial charge in [-0.25, -0.2) is 9.37 Å². The predicted molar refractivity (Wildman–Crippen MR) is 91.7 cm³/mol. The molecule has 0 bridgehead atoms. The second-order valence-electron chi connectivity index (χ2n) is 6.12. The molecule has 3 N–H and O–H groups in total. The number of benzene rings is 1. The maximum atomic E-state index is 14.0. The number of nitrogens with zero attached hydrogens (tertiary/aromatic N) is 3. The first-order valence-corrected chi connectivity index (χ1v) is 8.09. The lowest BCUT2D eigenvalue weighted by molar-refractivity contribution is 0.244. The van der Waals surface area contributed by atoms with E-state index in [1.165, 1.54) is 0 Å². The summed E-state index contributed by atoms with van der Waals surface area (Å²) in [4.78, 5) is 8.86. The number of halogens is 1. The van der Waals surface area contributed by atoms with Gasteiger partial charge in [0.25, 0.3) is 0 Å². The van der Waals surface area contributed by atoms with Crippen molar-refractivity contribution in [3.8, 4) is 11.3 Å². The average molecular weight is 326 g/mol. The second-order valence-corrected chi connectivity index (χ2v) is 6.12. The second kappa shape index (κ2) is 6.16. The first kappa shape index (κ1) is 15.0. The van der Waals surface area contributed by atoms with Crippen molar-refractivity contribution in [2.24, 2.45) is 0 Å². The maximum absolute atomic E-state index is 14.0. The minimum absolute atomic E-state index is 0.227. The van der Waals surface area contributed by atoms with Gasteiger partial charge in [-0.3, -0.25) is 10.1 Å². The Morgan fingerprint density at radius 3 is 3.08 bits per heavy atom. The van der Waals surface area contributed by atoms with Gasteiger partial charge in [0.05, 0.1) is 35.3 Å². The van der Waals surface area contributed by atoms with Crippen molar-refractivity contribution in [2.75, 3.05) is 18.4 Å². The average Bonchev–Trinajstić information content (AvgIpc) is 2.98. The minimum Gasteiger partial charge on any atom is -0.363 e. The van der Waals surface area contributed by atoms with Crippen LogP contribution in [-0.2, 0) is 0 Å². The van der Waals surface area contributed by atoms with Gasteiger partial charge in [-0.15, -0.1) is 0 Å². The molecule has 0 amide bonds. The Labute approximate surface area is 138 Å². The summed E-state index contributed by atoms with van der Waals surface area (Å²) >= 11 is 0. The van der Waals surface area contributed by atoms with E-state index in [4.69, 9.17) is 0 Å². The molecule has 1 unspecified atom stereocenters. The van der Waals surface area contributed by atoms with Crippen LogP contribution in [0.2, 0.25) is 0 Å². The number of aromatic amines is 1. The van der Waals surface area contributed by atoms with Gasteiger partial charge in [0, 0.05) is 17.5 Å². The molecule has 1 fully saturated rings. The molecule has 0 spiro atoms. The Morgan fingerprint density at radius 2 is 2.21 bits per heavy atom. The molecule has 6 nitrogen and oxygen atoms in total. The Kier molecular flexibility index (Phi) is 3.86. The Hall–Kier alpha value is -2.54. The van der Waals surface area contributed by atoms with Crippen molar-refractivity contribution in [2.45, 2.75) is 25.6 Å². The van der Waals surface area contributed by atoms with E-state index in [1.54, 1.807) is 12.4 Å². The molecule has 1 aliphatic rings. The molecule has 0 radical (unpaired) electrons. The fourth-order valence-corrected chi connectivity index (χ4v) is 3.05. The number of fused-ring (bicyclic) bond motifs is 1. The van der Waals surface area contributed by atoms with E-state index >= 15 is 0 Å². The Morgan fingerprint density at radius 1 is 1.29 bits per heavy atom. The molecular formula is C17H19FN6. The van der Waals surface area contributed by atoms with Crippen molar-refractivity contribution < 1.29 is 4.39 Å². The van der Waals surface area contributed by atoms with Crippen LogP contribution in [0.15, 0.2) is 30.6 Å². The van der Waals surface area contributed by atoms with Crippen LogP contribution in [0.5, 0.6) is 0 Å². The van der Waals surface area contributed by atoms with Crippen LogP contribution < -0.4 is 10.6 Å². The summed E-state index contributed by atoms with van der Waals surface area (Å²) in [6, 6.07) is 5.78. The Bertz CT molecular complexity index is 861. The molecule has 4 rings (SSSR count). The summed E-state index contributed by atoms with van der Waals surface area (Å²) in [7, 11) is 0. The van der Waals surface area contributed by atoms with E-state index in [0.29, 0.717) is 12.4 Å². The highest BCUT2D eigenvalue weighted by Crippen LogP contribution is 2.24. The summed E-state index contributed by atoms with van der Waals surface area (Å²) < 4.78 is 14.0. The summed E-state index contributed by atoms with van der Waals surface area (Å²) in [5.74, 6) is 0.603. The monoisotopic (exact) mass is 326 g/mol. The number of anilines is 1. The van der Waals surface area contributed by atoms with Crippen LogP contribution in [0, 0.1) is 6.92 Å². The summed E-state index contributed by atoms with van der Waals surface area (Å²) in [6.07, 6.45) is 3.17. The van der Waals surface area contributed by atoms with Gasteiger partial charge in [-0.2, -0.15) is 5.10 Å². The van der Waals surface area contributed by atoms with E-state index in [1.807, 2.05) is 25.1 Å². The fraction of sp³-hybridized carbons (Fsp3) is 0.353. The highest BCUT2D eigenvalue weighted by molar-refractivity contribution is 5.85. The number of alkyl halides is 1. The lowest BCUT2D eigenvalue weighted by Crippen LogP contribution is -2.45. The first-order chi connectivity index (χ1) is 11.7. The van der Waals surface area contributed by atoms with E-state index in [2.05, 4.69) is 30.8 Å². The predicted octanol–water partition coefficient (Wildman–Crippen LogP) is 2.44. The van der Waals surface area contributed by atoms with Gasteiger partial charge in [-0.05, 0) is 32.0 Å². The summed E-state index contributed by atoms with van der Waals surface area (Å²) in [6.45, 7) is 3.15. The lowest BCUT2D eigenvalue weighted by atomic mass is 10.1. The Balaban J connectivity index is 1.62. The molecule has 0 saturated carbocycles. The smallest absolute Gasteiger partial charge is 0.145 e. The number of hydrogen-bond donors (Lipinski definition) is 3. The molecule has 3 aromatic rings. The molecule has 2 aromatic heterocycles. The number of aromatic nitrogens is 4. The van der Waals surface area contributed by atoms with Crippen LogP contribution >= 0.6 is 0 Å². The zero-order chi connectivity index (χ0) is 16.5.